The number of barbiturate groups is 1. The van der Waals surface area contributed by atoms with E-state index in [-0.39, 0.29) is 10.8 Å². The van der Waals surface area contributed by atoms with E-state index in [4.69, 9.17) is 4.74 Å². The van der Waals surface area contributed by atoms with Gasteiger partial charge in [0.25, 0.3) is 0 Å². The van der Waals surface area contributed by atoms with Crippen LogP contribution in [0.3, 0.4) is 0 Å². The Morgan fingerprint density at radius 2 is 1.81 bits per heavy atom. The summed E-state index contributed by atoms with van der Waals surface area (Å²) in [6.45, 7) is 0. The number of imide groups is 2. The summed E-state index contributed by atoms with van der Waals surface area (Å²) in [5, 5.41) is 0.227. The van der Waals surface area contributed by atoms with Crippen molar-refractivity contribution in [3.63, 3.8) is 0 Å². The van der Waals surface area contributed by atoms with Gasteiger partial charge in [-0.1, -0.05) is 39.4 Å². The second-order valence-corrected chi connectivity index (χ2v) is 7.62. The van der Waals surface area contributed by atoms with Gasteiger partial charge in [-0.25, -0.2) is 19.6 Å². The van der Waals surface area contributed by atoms with Crippen LogP contribution in [0.25, 0.3) is 10.2 Å². The number of ether oxygens (including phenoxy) is 1. The summed E-state index contributed by atoms with van der Waals surface area (Å²) in [4.78, 5) is 44.3. The van der Waals surface area contributed by atoms with E-state index in [1.165, 1.54) is 18.4 Å². The van der Waals surface area contributed by atoms with Gasteiger partial charge in [0.2, 0.25) is 16.9 Å². The van der Waals surface area contributed by atoms with Gasteiger partial charge in [-0.15, -0.1) is 0 Å². The first-order chi connectivity index (χ1) is 13.0. The maximum Gasteiger partial charge on any atom is 0.344 e. The number of thiazole rings is 1. The molecule has 1 aromatic heterocycles. The Labute approximate surface area is 166 Å². The number of amides is 4. The van der Waals surface area contributed by atoms with Crippen molar-refractivity contribution in [1.29, 1.82) is 0 Å². The third-order valence-electron chi connectivity index (χ3n) is 4.04. The highest BCUT2D eigenvalue weighted by Gasteiger charge is 2.42. The Morgan fingerprint density at radius 1 is 1.07 bits per heavy atom. The molecule has 9 heteroatoms. The van der Waals surface area contributed by atoms with Gasteiger partial charge in [-0.2, -0.15) is 0 Å². The number of carbonyl (C=O) groups is 3. The van der Waals surface area contributed by atoms with E-state index < -0.39 is 24.3 Å². The van der Waals surface area contributed by atoms with Crippen molar-refractivity contribution < 1.29 is 19.1 Å². The molecule has 0 spiro atoms. The molecule has 27 heavy (non-hydrogen) atoms. The first-order valence-corrected chi connectivity index (χ1v) is 9.49. The number of benzene rings is 2. The lowest BCUT2D eigenvalue weighted by molar-refractivity contribution is -0.126. The summed E-state index contributed by atoms with van der Waals surface area (Å²) in [5.74, 6) is -0.842. The molecule has 1 fully saturated rings. The number of hydrogen-bond acceptors (Lipinski definition) is 6. The highest BCUT2D eigenvalue weighted by Crippen LogP contribution is 2.36. The first kappa shape index (κ1) is 17.6. The van der Waals surface area contributed by atoms with E-state index in [2.05, 4.69) is 20.9 Å². The number of halogens is 1. The minimum Gasteiger partial charge on any atom is -0.495 e. The number of methoxy groups -OCH3 is 1. The second kappa shape index (κ2) is 6.75. The van der Waals surface area contributed by atoms with E-state index in [1.807, 2.05) is 12.1 Å². The van der Waals surface area contributed by atoms with E-state index in [9.17, 15) is 14.4 Å². The predicted molar refractivity (Wildman–Crippen MR) is 105 cm³/mol. The fraction of sp³-hybridized carbons (Fsp3) is 0.111. The van der Waals surface area contributed by atoms with Crippen LogP contribution in [-0.2, 0) is 9.59 Å². The fourth-order valence-corrected chi connectivity index (χ4v) is 4.35. The molecule has 4 rings (SSSR count). The number of carbonyl (C=O) groups excluding carboxylic acids is 3. The van der Waals surface area contributed by atoms with E-state index in [1.54, 1.807) is 30.3 Å². The van der Waals surface area contributed by atoms with Gasteiger partial charge < -0.3 is 4.74 Å². The van der Waals surface area contributed by atoms with Crippen LogP contribution >= 0.6 is 27.3 Å². The average molecular weight is 446 g/mol. The van der Waals surface area contributed by atoms with Crippen LogP contribution in [0.4, 0.5) is 15.6 Å². The number of para-hydroxylation sites is 2. The largest absolute Gasteiger partial charge is 0.495 e. The van der Waals surface area contributed by atoms with E-state index in [0.29, 0.717) is 11.3 Å². The molecule has 0 bridgehead atoms. The van der Waals surface area contributed by atoms with Crippen LogP contribution < -0.4 is 14.5 Å². The lowest BCUT2D eigenvalue weighted by Gasteiger charge is -2.31. The highest BCUT2D eigenvalue weighted by molar-refractivity contribution is 9.10. The van der Waals surface area contributed by atoms with E-state index >= 15 is 0 Å². The average Bonchev–Trinajstić information content (AvgIpc) is 3.04. The SMILES string of the molecule is COc1ccccc1N1C(=O)CC(=O)N(c2nc3ccc(Br)cc3s2)C1=O. The highest BCUT2D eigenvalue weighted by atomic mass is 79.9. The number of aromatic nitrogens is 1. The lowest BCUT2D eigenvalue weighted by atomic mass is 10.2. The molecule has 0 N–H and O–H groups in total. The Balaban J connectivity index is 1.79. The molecule has 7 nitrogen and oxygen atoms in total. The van der Waals surface area contributed by atoms with Crippen molar-refractivity contribution in [3.05, 3.63) is 46.9 Å². The molecule has 1 aliphatic rings. The Morgan fingerprint density at radius 3 is 2.59 bits per heavy atom. The molecule has 1 aliphatic heterocycles. The number of fused-ring (bicyclic) bond motifs is 1. The lowest BCUT2D eigenvalue weighted by Crippen LogP contribution is -2.55. The molecule has 1 saturated heterocycles. The van der Waals surface area contributed by atoms with E-state index in [0.717, 1.165) is 19.0 Å². The summed E-state index contributed by atoms with van der Waals surface area (Å²) in [6, 6.07) is 11.4. The van der Waals surface area contributed by atoms with Crippen LogP contribution in [0, 0.1) is 0 Å². The Bertz CT molecular complexity index is 1100. The van der Waals surface area contributed by atoms with Crippen molar-refractivity contribution in [2.24, 2.45) is 0 Å². The standard InChI is InChI=1S/C18H12BrN3O4S/c1-26-13-5-3-2-4-12(13)21-15(23)9-16(24)22(18(21)25)17-20-11-7-6-10(19)8-14(11)27-17/h2-8H,9H2,1H3. The summed E-state index contributed by atoms with van der Waals surface area (Å²) in [5.41, 5.74) is 0.955. The minimum atomic E-state index is -0.765. The number of hydrogen-bond donors (Lipinski definition) is 0. The topological polar surface area (TPSA) is 79.8 Å². The second-order valence-electron chi connectivity index (χ2n) is 5.70. The smallest absolute Gasteiger partial charge is 0.344 e. The first-order valence-electron chi connectivity index (χ1n) is 7.88. The third kappa shape index (κ3) is 2.98. The number of anilines is 2. The molecule has 0 atom stereocenters. The molecule has 0 unspecified atom stereocenters. The van der Waals surface area contributed by atoms with Gasteiger partial charge >= 0.3 is 6.03 Å². The molecule has 2 heterocycles. The number of urea groups is 1. The van der Waals surface area contributed by atoms with Crippen LogP contribution in [-0.4, -0.2) is 29.9 Å². The molecular formula is C18H12BrN3O4S. The summed E-state index contributed by atoms with van der Waals surface area (Å²) in [7, 11) is 1.45. The van der Waals surface area contributed by atoms with Gasteiger partial charge in [-0.05, 0) is 30.3 Å². The van der Waals surface area contributed by atoms with Crippen molar-refractivity contribution in [1.82, 2.24) is 4.98 Å². The van der Waals surface area contributed by atoms with Crippen LogP contribution in [0.2, 0.25) is 0 Å². The van der Waals surface area contributed by atoms with Crippen molar-refractivity contribution in [3.8, 4) is 5.75 Å². The van der Waals surface area contributed by atoms with Crippen molar-refractivity contribution >= 4 is 66.1 Å². The zero-order valence-electron chi connectivity index (χ0n) is 14.0. The Hall–Kier alpha value is -2.78. The monoisotopic (exact) mass is 445 g/mol. The molecule has 0 radical (unpaired) electrons. The molecule has 3 aromatic rings. The van der Waals surface area contributed by atoms with Crippen LogP contribution in [0.15, 0.2) is 46.9 Å². The normalized spacial score (nSPS) is 15.0. The maximum atomic E-state index is 13.1. The van der Waals surface area contributed by atoms with Crippen LogP contribution in [0.5, 0.6) is 5.75 Å². The fourth-order valence-electron chi connectivity index (χ4n) is 2.82. The van der Waals surface area contributed by atoms with Gasteiger partial charge in [0.05, 0.1) is 23.0 Å². The van der Waals surface area contributed by atoms with Gasteiger partial charge in [0.15, 0.2) is 0 Å². The molecule has 0 saturated carbocycles. The minimum absolute atomic E-state index is 0.227. The summed E-state index contributed by atoms with van der Waals surface area (Å²) in [6.07, 6.45) is -0.427. The summed E-state index contributed by atoms with van der Waals surface area (Å²) < 4.78 is 6.94. The molecule has 136 valence electrons. The van der Waals surface area contributed by atoms with Gasteiger partial charge in [0.1, 0.15) is 12.2 Å². The van der Waals surface area contributed by atoms with Gasteiger partial charge in [-0.3, -0.25) is 9.59 Å². The molecule has 4 amide bonds. The van der Waals surface area contributed by atoms with Crippen molar-refractivity contribution in [2.45, 2.75) is 6.42 Å². The number of rotatable bonds is 3. The molecular weight excluding hydrogens is 434 g/mol. The number of nitrogens with zero attached hydrogens (tertiary/aromatic N) is 3. The summed E-state index contributed by atoms with van der Waals surface area (Å²) >= 11 is 4.60. The quantitative estimate of drug-likeness (QED) is 0.570. The Kier molecular flexibility index (Phi) is 4.40. The zero-order valence-corrected chi connectivity index (χ0v) is 16.4. The predicted octanol–water partition coefficient (Wildman–Crippen LogP) is 3.96. The van der Waals surface area contributed by atoms with Crippen LogP contribution in [0.1, 0.15) is 6.42 Å². The molecule has 0 aliphatic carbocycles. The molecule has 2 aromatic carbocycles. The zero-order chi connectivity index (χ0) is 19.1. The van der Waals surface area contributed by atoms with Gasteiger partial charge in [0, 0.05) is 4.47 Å². The van der Waals surface area contributed by atoms with Crippen molar-refractivity contribution in [2.75, 3.05) is 16.9 Å². The third-order valence-corrected chi connectivity index (χ3v) is 5.54. The maximum absolute atomic E-state index is 13.1.